The quantitative estimate of drug-likeness (QED) is 0.601. The molecule has 0 aromatic heterocycles. The summed E-state index contributed by atoms with van der Waals surface area (Å²) in [7, 11) is 1.79. The Morgan fingerprint density at radius 2 is 1.82 bits per heavy atom. The van der Waals surface area contributed by atoms with Crippen molar-refractivity contribution >= 4 is 11.9 Å². The number of amides is 3. The molecule has 2 saturated heterocycles. The van der Waals surface area contributed by atoms with E-state index in [0.29, 0.717) is 6.54 Å². The minimum atomic E-state index is 0.00940. The third-order valence-electron chi connectivity index (χ3n) is 3.33. The van der Waals surface area contributed by atoms with E-state index in [1.165, 1.54) is 0 Å². The normalized spacial score (nSPS) is 22.6. The van der Waals surface area contributed by atoms with Crippen molar-refractivity contribution in [2.45, 2.75) is 6.42 Å². The maximum absolute atomic E-state index is 12.2. The van der Waals surface area contributed by atoms with Crippen LogP contribution in [-0.4, -0.2) is 79.5 Å². The van der Waals surface area contributed by atoms with Crippen molar-refractivity contribution in [1.29, 1.82) is 0 Å². The van der Waals surface area contributed by atoms with Crippen LogP contribution in [0.3, 0.4) is 0 Å². The molecule has 0 bridgehead atoms. The van der Waals surface area contributed by atoms with Gasteiger partial charge in [0.05, 0.1) is 0 Å². The highest BCUT2D eigenvalue weighted by Gasteiger charge is 2.26. The van der Waals surface area contributed by atoms with E-state index in [1.807, 2.05) is 4.90 Å². The van der Waals surface area contributed by atoms with Gasteiger partial charge >= 0.3 is 6.03 Å². The van der Waals surface area contributed by atoms with Crippen LogP contribution in [0.15, 0.2) is 0 Å². The first-order chi connectivity index (χ1) is 8.18. The first-order valence-electron chi connectivity index (χ1n) is 6.17. The van der Waals surface area contributed by atoms with E-state index in [9.17, 15) is 9.59 Å². The van der Waals surface area contributed by atoms with E-state index in [4.69, 9.17) is 0 Å². The van der Waals surface area contributed by atoms with Gasteiger partial charge in [-0.2, -0.15) is 0 Å². The molecule has 2 aliphatic rings. The zero-order valence-electron chi connectivity index (χ0n) is 10.3. The largest absolute Gasteiger partial charge is 0.344 e. The van der Waals surface area contributed by atoms with E-state index in [-0.39, 0.29) is 18.5 Å². The molecule has 2 rings (SSSR count). The molecule has 17 heavy (non-hydrogen) atoms. The molecule has 0 unspecified atom stereocenters. The lowest BCUT2D eigenvalue weighted by Gasteiger charge is -2.32. The zero-order chi connectivity index (χ0) is 12.3. The maximum Gasteiger partial charge on any atom is 0.320 e. The zero-order valence-corrected chi connectivity index (χ0v) is 10.3. The van der Waals surface area contributed by atoms with Crippen molar-refractivity contribution in [2.24, 2.45) is 0 Å². The number of likely N-dealkylation sites (N-methyl/N-ethyl adjacent to an activating group) is 1. The predicted molar refractivity (Wildman–Crippen MR) is 63.7 cm³/mol. The fourth-order valence-electron chi connectivity index (χ4n) is 2.21. The number of hydrogen-bond acceptors (Lipinski definition) is 3. The molecule has 0 aliphatic carbocycles. The van der Waals surface area contributed by atoms with Crippen molar-refractivity contribution in [3.8, 4) is 0 Å². The number of nitrogens with zero attached hydrogens (tertiary/aromatic N) is 3. The Kier molecular flexibility index (Phi) is 3.83. The summed E-state index contributed by atoms with van der Waals surface area (Å²) < 4.78 is 0. The minimum absolute atomic E-state index is 0.00940. The van der Waals surface area contributed by atoms with Gasteiger partial charge in [-0.1, -0.05) is 0 Å². The van der Waals surface area contributed by atoms with Crippen LogP contribution in [0.2, 0.25) is 0 Å². The smallest absolute Gasteiger partial charge is 0.320 e. The first-order valence-corrected chi connectivity index (χ1v) is 6.17. The summed E-state index contributed by atoms with van der Waals surface area (Å²) in [6, 6.07) is 0.00940. The van der Waals surface area contributed by atoms with E-state index in [2.05, 4.69) is 5.32 Å². The van der Waals surface area contributed by atoms with Crippen LogP contribution < -0.4 is 5.32 Å². The van der Waals surface area contributed by atoms with Gasteiger partial charge in [0.15, 0.2) is 0 Å². The van der Waals surface area contributed by atoms with Crippen molar-refractivity contribution in [3.05, 3.63) is 0 Å². The second kappa shape index (κ2) is 5.35. The molecule has 1 N–H and O–H groups in total. The molecule has 2 aliphatic heterocycles. The molecule has 2 heterocycles. The number of urea groups is 1. The second-order valence-electron chi connectivity index (χ2n) is 4.61. The number of hydrogen-bond donors (Lipinski definition) is 1. The molecule has 6 nitrogen and oxygen atoms in total. The Morgan fingerprint density at radius 3 is 2.53 bits per heavy atom. The van der Waals surface area contributed by atoms with Crippen LogP contribution in [-0.2, 0) is 4.79 Å². The molecule has 0 saturated carbocycles. The van der Waals surface area contributed by atoms with Gasteiger partial charge in [-0.15, -0.1) is 0 Å². The Labute approximate surface area is 102 Å². The maximum atomic E-state index is 12.2. The number of rotatable bonds is 0. The molecule has 0 atom stereocenters. The third kappa shape index (κ3) is 2.88. The summed E-state index contributed by atoms with van der Waals surface area (Å²) in [6.45, 7) is 4.79. The predicted octanol–water partition coefficient (Wildman–Crippen LogP) is -0.824. The monoisotopic (exact) mass is 240 g/mol. The van der Waals surface area contributed by atoms with Crippen LogP contribution in [0.5, 0.6) is 0 Å². The fraction of sp³-hybridized carbons (Fsp3) is 0.818. The summed E-state index contributed by atoms with van der Waals surface area (Å²) in [5.41, 5.74) is 0. The van der Waals surface area contributed by atoms with E-state index in [0.717, 1.165) is 39.1 Å². The highest BCUT2D eigenvalue weighted by Crippen LogP contribution is 2.07. The van der Waals surface area contributed by atoms with Crippen LogP contribution in [0.25, 0.3) is 0 Å². The van der Waals surface area contributed by atoms with Crippen molar-refractivity contribution < 1.29 is 9.59 Å². The lowest BCUT2D eigenvalue weighted by molar-refractivity contribution is -0.129. The number of nitrogens with one attached hydrogen (secondary N) is 1. The van der Waals surface area contributed by atoms with Crippen molar-refractivity contribution in [3.63, 3.8) is 0 Å². The van der Waals surface area contributed by atoms with E-state index >= 15 is 0 Å². The number of piperazine rings is 1. The van der Waals surface area contributed by atoms with Crippen molar-refractivity contribution in [2.75, 3.05) is 52.9 Å². The summed E-state index contributed by atoms with van der Waals surface area (Å²) in [5.74, 6) is 0.0333. The highest BCUT2D eigenvalue weighted by molar-refractivity contribution is 5.84. The topological polar surface area (TPSA) is 55.9 Å². The van der Waals surface area contributed by atoms with Crippen LogP contribution in [0.1, 0.15) is 6.42 Å². The summed E-state index contributed by atoms with van der Waals surface area (Å²) >= 11 is 0. The van der Waals surface area contributed by atoms with E-state index in [1.54, 1.807) is 16.8 Å². The Morgan fingerprint density at radius 1 is 1.12 bits per heavy atom. The first kappa shape index (κ1) is 12.2. The summed E-state index contributed by atoms with van der Waals surface area (Å²) in [6.07, 6.45) is 0.861. The van der Waals surface area contributed by atoms with Crippen molar-refractivity contribution in [1.82, 2.24) is 20.0 Å². The lowest BCUT2D eigenvalue weighted by atomic mass is 10.3. The third-order valence-corrected chi connectivity index (χ3v) is 3.33. The molecular formula is C11H20N4O2. The van der Waals surface area contributed by atoms with Gasteiger partial charge in [0.1, 0.15) is 6.54 Å². The molecule has 96 valence electrons. The average molecular weight is 240 g/mol. The lowest BCUT2D eigenvalue weighted by Crippen LogP contribution is -2.52. The Bertz CT molecular complexity index is 302. The molecule has 3 amide bonds. The summed E-state index contributed by atoms with van der Waals surface area (Å²) in [5, 5.41) is 3.21. The standard InChI is InChI=1S/C11H20N4O2/c1-13-5-2-6-15(9-10(13)16)11(17)14-7-3-12-4-8-14/h12H,2-9H2,1H3. The van der Waals surface area contributed by atoms with Gasteiger partial charge in [-0.05, 0) is 6.42 Å². The molecule has 2 fully saturated rings. The number of carbonyl (C=O) groups is 2. The van der Waals surface area contributed by atoms with Crippen LogP contribution in [0, 0.1) is 0 Å². The van der Waals surface area contributed by atoms with Gasteiger partial charge in [-0.25, -0.2) is 4.79 Å². The SMILES string of the molecule is CN1CCCN(C(=O)N2CCNCC2)CC1=O. The van der Waals surface area contributed by atoms with Gasteiger partial charge in [0, 0.05) is 46.3 Å². The van der Waals surface area contributed by atoms with Gasteiger partial charge in [0.2, 0.25) is 5.91 Å². The molecular weight excluding hydrogens is 220 g/mol. The molecule has 0 radical (unpaired) electrons. The van der Waals surface area contributed by atoms with Gasteiger partial charge in [-0.3, -0.25) is 4.79 Å². The van der Waals surface area contributed by atoms with Crippen LogP contribution in [0.4, 0.5) is 4.79 Å². The summed E-state index contributed by atoms with van der Waals surface area (Å²) in [4.78, 5) is 29.1. The second-order valence-corrected chi connectivity index (χ2v) is 4.61. The Balaban J connectivity index is 1.95. The van der Waals surface area contributed by atoms with Crippen LogP contribution >= 0.6 is 0 Å². The molecule has 0 spiro atoms. The average Bonchev–Trinajstić information content (AvgIpc) is 2.52. The Hall–Kier alpha value is -1.30. The highest BCUT2D eigenvalue weighted by atomic mass is 16.2. The van der Waals surface area contributed by atoms with E-state index < -0.39 is 0 Å². The minimum Gasteiger partial charge on any atom is -0.344 e. The molecule has 6 heteroatoms. The molecule has 0 aromatic rings. The van der Waals surface area contributed by atoms with Gasteiger partial charge < -0.3 is 20.0 Å². The van der Waals surface area contributed by atoms with Gasteiger partial charge in [0.25, 0.3) is 0 Å². The fourth-order valence-corrected chi connectivity index (χ4v) is 2.21. The molecule has 0 aromatic carbocycles. The number of carbonyl (C=O) groups excluding carboxylic acids is 2.